The molecule has 1 aromatic heterocycles. The number of hydrogen-bond donors (Lipinski definition) is 1. The molecule has 4 heteroatoms. The second-order valence-corrected chi connectivity index (χ2v) is 5.71. The lowest BCUT2D eigenvalue weighted by atomic mass is 10.1. The molecule has 2 aromatic rings. The normalized spacial score (nSPS) is 14.2. The van der Waals surface area contributed by atoms with Crippen LogP contribution in [0.2, 0.25) is 0 Å². The van der Waals surface area contributed by atoms with Crippen LogP contribution in [0.4, 0.5) is 0 Å². The third-order valence-electron chi connectivity index (χ3n) is 3.34. The highest BCUT2D eigenvalue weighted by Gasteiger charge is 2.14. The number of nitrogens with zero attached hydrogens (tertiary/aromatic N) is 1. The third kappa shape index (κ3) is 4.33. The zero-order chi connectivity index (χ0) is 15.4. The maximum Gasteiger partial charge on any atom is 0.133 e. The van der Waals surface area contributed by atoms with Crippen LogP contribution in [0.25, 0.3) is 0 Å². The average Bonchev–Trinajstić information content (AvgIpc) is 2.85. The topological polar surface area (TPSA) is 47.3 Å². The first-order valence-corrected chi connectivity index (χ1v) is 7.41. The Labute approximate surface area is 126 Å². The Morgan fingerprint density at radius 1 is 1.05 bits per heavy atom. The molecule has 2 rings (SSSR count). The zero-order valence-corrected chi connectivity index (χ0v) is 13.4. The van der Waals surface area contributed by atoms with E-state index in [4.69, 9.17) is 9.26 Å². The van der Waals surface area contributed by atoms with E-state index >= 15 is 0 Å². The first-order chi connectivity index (χ1) is 9.95. The first-order valence-electron chi connectivity index (χ1n) is 7.41. The number of rotatable bonds is 6. The number of ether oxygens (including phenoxy) is 1. The van der Waals surface area contributed by atoms with Gasteiger partial charge in [0.1, 0.15) is 17.2 Å². The van der Waals surface area contributed by atoms with Crippen LogP contribution in [0.3, 0.4) is 0 Å². The summed E-state index contributed by atoms with van der Waals surface area (Å²) in [4.78, 5) is 0. The highest BCUT2D eigenvalue weighted by atomic mass is 16.5. The summed E-state index contributed by atoms with van der Waals surface area (Å²) >= 11 is 0. The van der Waals surface area contributed by atoms with Gasteiger partial charge in [-0.05, 0) is 52.3 Å². The fraction of sp³-hybridized carbons (Fsp3) is 0.471. The molecule has 0 bridgehead atoms. The summed E-state index contributed by atoms with van der Waals surface area (Å²) in [7, 11) is 0. The van der Waals surface area contributed by atoms with Gasteiger partial charge in [-0.2, -0.15) is 0 Å². The standard InChI is InChI=1S/C17H24N2O2/c1-11(2)20-16-8-6-15(7-9-16)13(4)18-14(5)17-10-12(3)21-19-17/h6-11,13-14,18H,1-5H3. The molecule has 0 saturated heterocycles. The fourth-order valence-corrected chi connectivity index (χ4v) is 2.25. The van der Waals surface area contributed by atoms with Crippen LogP contribution in [0.1, 0.15) is 56.8 Å². The van der Waals surface area contributed by atoms with Crippen molar-refractivity contribution in [3.63, 3.8) is 0 Å². The van der Waals surface area contributed by atoms with Gasteiger partial charge in [-0.15, -0.1) is 0 Å². The Morgan fingerprint density at radius 3 is 2.24 bits per heavy atom. The van der Waals surface area contributed by atoms with E-state index in [1.807, 2.05) is 39.0 Å². The molecule has 21 heavy (non-hydrogen) atoms. The Bertz CT molecular complexity index is 560. The fourth-order valence-electron chi connectivity index (χ4n) is 2.25. The van der Waals surface area contributed by atoms with E-state index in [1.165, 1.54) is 5.56 Å². The van der Waals surface area contributed by atoms with Crippen LogP contribution in [0.15, 0.2) is 34.9 Å². The van der Waals surface area contributed by atoms with Crippen molar-refractivity contribution < 1.29 is 9.26 Å². The van der Waals surface area contributed by atoms with Gasteiger partial charge in [-0.1, -0.05) is 17.3 Å². The van der Waals surface area contributed by atoms with E-state index < -0.39 is 0 Å². The van der Waals surface area contributed by atoms with Gasteiger partial charge in [-0.25, -0.2) is 0 Å². The monoisotopic (exact) mass is 288 g/mol. The summed E-state index contributed by atoms with van der Waals surface area (Å²) in [5.41, 5.74) is 2.15. The van der Waals surface area contributed by atoms with Gasteiger partial charge in [0.2, 0.25) is 0 Å². The van der Waals surface area contributed by atoms with Crippen molar-refractivity contribution in [1.82, 2.24) is 10.5 Å². The van der Waals surface area contributed by atoms with Crippen LogP contribution in [0, 0.1) is 6.92 Å². The summed E-state index contributed by atoms with van der Waals surface area (Å²) in [6, 6.07) is 10.5. The Morgan fingerprint density at radius 2 is 1.71 bits per heavy atom. The SMILES string of the molecule is Cc1cc(C(C)NC(C)c2ccc(OC(C)C)cc2)no1. The lowest BCUT2D eigenvalue weighted by molar-refractivity contribution is 0.242. The second kappa shape index (κ2) is 6.76. The predicted molar refractivity (Wildman–Crippen MR) is 83.4 cm³/mol. The van der Waals surface area contributed by atoms with Crippen LogP contribution < -0.4 is 10.1 Å². The van der Waals surface area contributed by atoms with Crippen molar-refractivity contribution in [2.75, 3.05) is 0 Å². The summed E-state index contributed by atoms with van der Waals surface area (Å²) in [6.45, 7) is 10.2. The zero-order valence-electron chi connectivity index (χ0n) is 13.4. The Hall–Kier alpha value is -1.81. The number of aryl methyl sites for hydroxylation is 1. The number of aromatic nitrogens is 1. The van der Waals surface area contributed by atoms with Crippen LogP contribution in [-0.4, -0.2) is 11.3 Å². The minimum atomic E-state index is 0.143. The minimum absolute atomic E-state index is 0.143. The molecule has 0 aliphatic heterocycles. The highest BCUT2D eigenvalue weighted by molar-refractivity contribution is 5.29. The van der Waals surface area contributed by atoms with Gasteiger partial charge in [0.25, 0.3) is 0 Å². The number of nitrogens with one attached hydrogen (secondary N) is 1. The first kappa shape index (κ1) is 15.6. The van der Waals surface area contributed by atoms with Gasteiger partial charge in [0.05, 0.1) is 12.1 Å². The van der Waals surface area contributed by atoms with Crippen molar-refractivity contribution in [3.8, 4) is 5.75 Å². The predicted octanol–water partition coefficient (Wildman–Crippen LogP) is 4.18. The quantitative estimate of drug-likeness (QED) is 0.866. The maximum atomic E-state index is 5.66. The molecule has 0 radical (unpaired) electrons. The molecule has 4 nitrogen and oxygen atoms in total. The molecule has 2 atom stereocenters. The Balaban J connectivity index is 1.98. The number of benzene rings is 1. The molecule has 0 aliphatic rings. The van der Waals surface area contributed by atoms with Gasteiger partial charge < -0.3 is 14.6 Å². The van der Waals surface area contributed by atoms with E-state index in [1.54, 1.807) is 0 Å². The maximum absolute atomic E-state index is 5.66. The summed E-state index contributed by atoms with van der Waals surface area (Å²) < 4.78 is 10.8. The van der Waals surface area contributed by atoms with Crippen LogP contribution >= 0.6 is 0 Å². The molecule has 0 spiro atoms. The van der Waals surface area contributed by atoms with Crippen molar-refractivity contribution in [2.24, 2.45) is 0 Å². The Kier molecular flexibility index (Phi) is 5.02. The lowest BCUT2D eigenvalue weighted by Gasteiger charge is -2.19. The highest BCUT2D eigenvalue weighted by Crippen LogP contribution is 2.22. The molecule has 0 fully saturated rings. The van der Waals surface area contributed by atoms with Crippen LogP contribution in [0.5, 0.6) is 5.75 Å². The molecular formula is C17H24N2O2. The molecule has 1 aromatic carbocycles. The second-order valence-electron chi connectivity index (χ2n) is 5.71. The summed E-state index contributed by atoms with van der Waals surface area (Å²) in [5, 5.41) is 7.57. The van der Waals surface area contributed by atoms with E-state index in [9.17, 15) is 0 Å². The summed E-state index contributed by atoms with van der Waals surface area (Å²) in [5.74, 6) is 1.74. The molecule has 1 heterocycles. The van der Waals surface area contributed by atoms with E-state index in [0.29, 0.717) is 0 Å². The summed E-state index contributed by atoms with van der Waals surface area (Å²) in [6.07, 6.45) is 0.196. The third-order valence-corrected chi connectivity index (χ3v) is 3.34. The molecule has 0 saturated carbocycles. The molecule has 0 amide bonds. The number of hydrogen-bond acceptors (Lipinski definition) is 4. The van der Waals surface area contributed by atoms with Crippen LogP contribution in [-0.2, 0) is 0 Å². The van der Waals surface area contributed by atoms with E-state index in [-0.39, 0.29) is 18.2 Å². The molecule has 1 N–H and O–H groups in total. The smallest absolute Gasteiger partial charge is 0.133 e. The minimum Gasteiger partial charge on any atom is -0.491 e. The van der Waals surface area contributed by atoms with Crippen molar-refractivity contribution in [2.45, 2.75) is 52.8 Å². The van der Waals surface area contributed by atoms with Gasteiger partial charge in [0.15, 0.2) is 0 Å². The van der Waals surface area contributed by atoms with Crippen molar-refractivity contribution in [1.29, 1.82) is 0 Å². The molecule has 0 aliphatic carbocycles. The van der Waals surface area contributed by atoms with E-state index in [2.05, 4.69) is 36.5 Å². The van der Waals surface area contributed by atoms with Gasteiger partial charge >= 0.3 is 0 Å². The average molecular weight is 288 g/mol. The van der Waals surface area contributed by atoms with E-state index in [0.717, 1.165) is 17.2 Å². The largest absolute Gasteiger partial charge is 0.491 e. The molecular weight excluding hydrogens is 264 g/mol. The molecule has 114 valence electrons. The van der Waals surface area contributed by atoms with Crippen molar-refractivity contribution >= 4 is 0 Å². The van der Waals surface area contributed by atoms with Gasteiger partial charge in [-0.3, -0.25) is 0 Å². The van der Waals surface area contributed by atoms with Crippen molar-refractivity contribution in [3.05, 3.63) is 47.3 Å². The lowest BCUT2D eigenvalue weighted by Crippen LogP contribution is -2.22. The van der Waals surface area contributed by atoms with Gasteiger partial charge in [0, 0.05) is 12.1 Å². The molecule has 2 unspecified atom stereocenters.